The Kier molecular flexibility index (Phi) is 5.42. The molecule has 0 unspecified atom stereocenters. The summed E-state index contributed by atoms with van der Waals surface area (Å²) in [6.45, 7) is 2.19. The van der Waals surface area contributed by atoms with Crippen LogP contribution in [0.15, 0.2) is 79.1 Å². The van der Waals surface area contributed by atoms with E-state index in [1.807, 2.05) is 76.2 Å². The van der Waals surface area contributed by atoms with Crippen molar-refractivity contribution in [3.63, 3.8) is 0 Å². The lowest BCUT2D eigenvalue weighted by Gasteiger charge is -2.20. The highest BCUT2D eigenvalue weighted by Gasteiger charge is 2.30. The molecule has 0 spiro atoms. The molecule has 0 aliphatic carbocycles. The molecule has 32 heavy (non-hydrogen) atoms. The second kappa shape index (κ2) is 8.67. The Balaban J connectivity index is 1.50. The van der Waals surface area contributed by atoms with E-state index < -0.39 is 0 Å². The van der Waals surface area contributed by atoms with Gasteiger partial charge in [0, 0.05) is 49.3 Å². The van der Waals surface area contributed by atoms with Gasteiger partial charge in [-0.25, -0.2) is 0 Å². The van der Waals surface area contributed by atoms with Gasteiger partial charge >= 0.3 is 0 Å². The lowest BCUT2D eigenvalue weighted by molar-refractivity contribution is 0.0747. The third kappa shape index (κ3) is 3.75. The van der Waals surface area contributed by atoms with Gasteiger partial charge in [-0.05, 0) is 23.6 Å². The second-order valence-electron chi connectivity index (χ2n) is 8.00. The van der Waals surface area contributed by atoms with E-state index in [0.717, 1.165) is 28.3 Å². The molecule has 0 saturated carbocycles. The van der Waals surface area contributed by atoms with Gasteiger partial charge in [0.25, 0.3) is 11.8 Å². The van der Waals surface area contributed by atoms with Crippen LogP contribution in [0.2, 0.25) is 0 Å². The molecular formula is C26H24N4O2. The van der Waals surface area contributed by atoms with Crippen LogP contribution in [-0.2, 0) is 19.6 Å². The van der Waals surface area contributed by atoms with Crippen molar-refractivity contribution in [2.45, 2.75) is 26.1 Å². The molecule has 1 aliphatic rings. The van der Waals surface area contributed by atoms with Crippen molar-refractivity contribution in [2.75, 3.05) is 6.54 Å². The fourth-order valence-corrected chi connectivity index (χ4v) is 4.39. The van der Waals surface area contributed by atoms with Crippen LogP contribution in [0.4, 0.5) is 0 Å². The van der Waals surface area contributed by atoms with Gasteiger partial charge in [-0.15, -0.1) is 0 Å². The van der Waals surface area contributed by atoms with Crippen molar-refractivity contribution in [1.82, 2.24) is 19.8 Å². The van der Waals surface area contributed by atoms with Crippen LogP contribution in [0.3, 0.4) is 0 Å². The van der Waals surface area contributed by atoms with E-state index in [1.54, 1.807) is 12.4 Å². The third-order valence-electron chi connectivity index (χ3n) is 5.88. The standard InChI is InChI=1S/C26H24N4O2/c31-25(28-17-19-8-2-1-3-9-19)23-21-11-4-5-12-22(21)24-26(32)29(14-7-15-30(23)24)18-20-10-6-13-27-16-20/h1-6,8-13,16H,7,14-15,17-18H2,(H,28,31). The predicted octanol–water partition coefficient (Wildman–Crippen LogP) is 4.01. The number of amides is 2. The zero-order valence-electron chi connectivity index (χ0n) is 17.7. The number of benzene rings is 2. The first-order valence-corrected chi connectivity index (χ1v) is 10.8. The molecule has 4 aromatic rings. The molecule has 1 N–H and O–H groups in total. The quantitative estimate of drug-likeness (QED) is 0.526. The van der Waals surface area contributed by atoms with E-state index in [2.05, 4.69) is 10.3 Å². The Morgan fingerprint density at radius 2 is 1.66 bits per heavy atom. The van der Waals surface area contributed by atoms with Gasteiger partial charge in [0.15, 0.2) is 0 Å². The summed E-state index contributed by atoms with van der Waals surface area (Å²) >= 11 is 0. The van der Waals surface area contributed by atoms with Gasteiger partial charge < -0.3 is 14.8 Å². The largest absolute Gasteiger partial charge is 0.347 e. The molecular weight excluding hydrogens is 400 g/mol. The van der Waals surface area contributed by atoms with E-state index in [4.69, 9.17) is 0 Å². The SMILES string of the molecule is O=C(NCc1ccccc1)c1c2ccccc2c2n1CCCN(Cc1cccnc1)C2=O. The molecule has 5 rings (SSSR count). The zero-order chi connectivity index (χ0) is 21.9. The number of carbonyl (C=O) groups is 2. The molecule has 0 fully saturated rings. The van der Waals surface area contributed by atoms with E-state index in [0.29, 0.717) is 37.6 Å². The third-order valence-corrected chi connectivity index (χ3v) is 5.88. The number of aromatic nitrogens is 2. The fourth-order valence-electron chi connectivity index (χ4n) is 4.39. The Hall–Kier alpha value is -3.93. The minimum absolute atomic E-state index is 0.0512. The van der Waals surface area contributed by atoms with E-state index in [1.165, 1.54) is 0 Å². The molecule has 2 amide bonds. The fraction of sp³-hybridized carbons (Fsp3) is 0.192. The average Bonchev–Trinajstić information content (AvgIpc) is 3.08. The monoisotopic (exact) mass is 424 g/mol. The first-order valence-electron chi connectivity index (χ1n) is 10.8. The Labute approximate surface area is 186 Å². The number of pyridine rings is 1. The van der Waals surface area contributed by atoms with Crippen LogP contribution < -0.4 is 5.32 Å². The second-order valence-corrected chi connectivity index (χ2v) is 8.00. The minimum Gasteiger partial charge on any atom is -0.347 e. The number of nitrogens with zero attached hydrogens (tertiary/aromatic N) is 3. The molecule has 0 saturated heterocycles. The van der Waals surface area contributed by atoms with Crippen LogP contribution in [0, 0.1) is 0 Å². The highest BCUT2D eigenvalue weighted by atomic mass is 16.2. The summed E-state index contributed by atoms with van der Waals surface area (Å²) in [5.74, 6) is -0.213. The van der Waals surface area contributed by atoms with Gasteiger partial charge in [0.05, 0.1) is 0 Å². The summed E-state index contributed by atoms with van der Waals surface area (Å²) in [7, 11) is 0. The lowest BCUT2D eigenvalue weighted by atomic mass is 10.1. The Morgan fingerprint density at radius 3 is 2.44 bits per heavy atom. The zero-order valence-corrected chi connectivity index (χ0v) is 17.7. The molecule has 160 valence electrons. The highest BCUT2D eigenvalue weighted by Crippen LogP contribution is 2.30. The van der Waals surface area contributed by atoms with Crippen molar-refractivity contribution in [3.05, 3.63) is 102 Å². The van der Waals surface area contributed by atoms with Gasteiger partial charge in [-0.1, -0.05) is 60.7 Å². The molecule has 0 atom stereocenters. The first-order chi connectivity index (χ1) is 15.7. The molecule has 2 aromatic carbocycles. The van der Waals surface area contributed by atoms with Gasteiger partial charge in [-0.3, -0.25) is 14.6 Å². The average molecular weight is 425 g/mol. The molecule has 1 aliphatic heterocycles. The number of hydrogen-bond acceptors (Lipinski definition) is 3. The van der Waals surface area contributed by atoms with Crippen molar-refractivity contribution in [3.8, 4) is 0 Å². The maximum absolute atomic E-state index is 13.6. The van der Waals surface area contributed by atoms with Gasteiger partial charge in [0.2, 0.25) is 0 Å². The van der Waals surface area contributed by atoms with Gasteiger partial charge in [0.1, 0.15) is 11.4 Å². The van der Waals surface area contributed by atoms with Crippen molar-refractivity contribution in [1.29, 1.82) is 0 Å². The lowest BCUT2D eigenvalue weighted by Crippen LogP contribution is -2.31. The molecule has 3 heterocycles. The summed E-state index contributed by atoms with van der Waals surface area (Å²) in [5.41, 5.74) is 3.17. The van der Waals surface area contributed by atoms with Crippen molar-refractivity contribution < 1.29 is 9.59 Å². The smallest absolute Gasteiger partial charge is 0.271 e. The van der Waals surface area contributed by atoms with E-state index >= 15 is 0 Å². The van der Waals surface area contributed by atoms with Crippen LogP contribution in [0.1, 0.15) is 38.5 Å². The Morgan fingerprint density at radius 1 is 0.906 bits per heavy atom. The molecule has 0 radical (unpaired) electrons. The number of hydrogen-bond donors (Lipinski definition) is 1. The molecule has 0 bridgehead atoms. The van der Waals surface area contributed by atoms with E-state index in [-0.39, 0.29) is 11.8 Å². The van der Waals surface area contributed by atoms with Gasteiger partial charge in [-0.2, -0.15) is 0 Å². The summed E-state index contributed by atoms with van der Waals surface area (Å²) < 4.78 is 1.91. The van der Waals surface area contributed by atoms with Crippen molar-refractivity contribution in [2.24, 2.45) is 0 Å². The van der Waals surface area contributed by atoms with Crippen molar-refractivity contribution >= 4 is 22.6 Å². The van der Waals surface area contributed by atoms with Crippen LogP contribution in [0.25, 0.3) is 10.8 Å². The maximum atomic E-state index is 13.6. The maximum Gasteiger partial charge on any atom is 0.271 e. The van der Waals surface area contributed by atoms with Crippen LogP contribution >= 0.6 is 0 Å². The Bertz CT molecular complexity index is 1270. The summed E-state index contributed by atoms with van der Waals surface area (Å²) in [6.07, 6.45) is 4.30. The number of rotatable bonds is 5. The molecule has 2 aromatic heterocycles. The summed E-state index contributed by atoms with van der Waals surface area (Å²) in [5, 5.41) is 4.67. The predicted molar refractivity (Wildman–Crippen MR) is 123 cm³/mol. The number of fused-ring (bicyclic) bond motifs is 3. The topological polar surface area (TPSA) is 67.2 Å². The number of carbonyl (C=O) groups excluding carboxylic acids is 2. The van der Waals surface area contributed by atoms with E-state index in [9.17, 15) is 9.59 Å². The molecule has 6 heteroatoms. The first kappa shape index (κ1) is 20.0. The van der Waals surface area contributed by atoms with Crippen LogP contribution in [0.5, 0.6) is 0 Å². The summed E-state index contributed by atoms with van der Waals surface area (Å²) in [6, 6.07) is 21.4. The molecule has 6 nitrogen and oxygen atoms in total. The highest BCUT2D eigenvalue weighted by molar-refractivity contribution is 6.14. The normalized spacial score (nSPS) is 13.6. The number of nitrogens with one attached hydrogen (secondary N) is 1. The minimum atomic E-state index is -0.162. The van der Waals surface area contributed by atoms with Crippen LogP contribution in [-0.4, -0.2) is 32.8 Å². The summed E-state index contributed by atoms with van der Waals surface area (Å²) in [4.78, 5) is 32.9.